The third kappa shape index (κ3) is 2.98. The molecule has 4 nitrogen and oxygen atoms in total. The number of aryl methyl sites for hydroxylation is 1. The highest BCUT2D eigenvalue weighted by atomic mass is 15.2. The molecule has 1 aromatic heterocycles. The molecule has 1 atom stereocenters. The lowest BCUT2D eigenvalue weighted by atomic mass is 9.95. The fourth-order valence-corrected chi connectivity index (χ4v) is 2.18. The fourth-order valence-electron chi connectivity index (χ4n) is 2.18. The van der Waals surface area contributed by atoms with Crippen LogP contribution < -0.4 is 5.32 Å². The minimum Gasteiger partial charge on any atom is -0.365 e. The van der Waals surface area contributed by atoms with Gasteiger partial charge in [-0.3, -0.25) is 0 Å². The van der Waals surface area contributed by atoms with Crippen molar-refractivity contribution < 1.29 is 0 Å². The molecule has 1 N–H and O–H groups in total. The summed E-state index contributed by atoms with van der Waals surface area (Å²) in [6.45, 7) is 10.3. The van der Waals surface area contributed by atoms with E-state index in [2.05, 4.69) is 42.4 Å². The molecule has 1 rings (SSSR count). The number of aromatic nitrogens is 2. The SMILES string of the molecule is CCC(CC)C(C)Nc1nnc(C)c(C)c1C#N. The van der Waals surface area contributed by atoms with Crippen LogP contribution in [-0.2, 0) is 0 Å². The third-order valence-corrected chi connectivity index (χ3v) is 3.69. The number of nitrogens with one attached hydrogen (secondary N) is 1. The highest BCUT2D eigenvalue weighted by Crippen LogP contribution is 2.21. The Bertz CT molecular complexity index is 444. The summed E-state index contributed by atoms with van der Waals surface area (Å²) in [5.74, 6) is 1.19. The second-order valence-corrected chi connectivity index (χ2v) is 4.76. The van der Waals surface area contributed by atoms with Gasteiger partial charge in [0.05, 0.1) is 5.69 Å². The van der Waals surface area contributed by atoms with Crippen molar-refractivity contribution in [3.8, 4) is 6.07 Å². The highest BCUT2D eigenvalue weighted by Gasteiger charge is 2.17. The van der Waals surface area contributed by atoms with Gasteiger partial charge in [0, 0.05) is 6.04 Å². The van der Waals surface area contributed by atoms with Crippen LogP contribution in [0, 0.1) is 31.1 Å². The van der Waals surface area contributed by atoms with Crippen LogP contribution in [-0.4, -0.2) is 16.2 Å². The van der Waals surface area contributed by atoms with E-state index in [1.807, 2.05) is 13.8 Å². The van der Waals surface area contributed by atoms with Crippen LogP contribution >= 0.6 is 0 Å². The molecule has 1 heterocycles. The van der Waals surface area contributed by atoms with Gasteiger partial charge in [-0.05, 0) is 32.3 Å². The van der Waals surface area contributed by atoms with E-state index >= 15 is 0 Å². The summed E-state index contributed by atoms with van der Waals surface area (Å²) in [5, 5.41) is 20.8. The van der Waals surface area contributed by atoms with Gasteiger partial charge in [0.25, 0.3) is 0 Å². The lowest BCUT2D eigenvalue weighted by Gasteiger charge is -2.23. The Morgan fingerprint density at radius 1 is 1.22 bits per heavy atom. The van der Waals surface area contributed by atoms with Gasteiger partial charge in [0.15, 0.2) is 5.82 Å². The minimum absolute atomic E-state index is 0.295. The Hall–Kier alpha value is -1.63. The summed E-state index contributed by atoms with van der Waals surface area (Å²) in [6, 6.07) is 2.51. The molecule has 0 fully saturated rings. The Labute approximate surface area is 109 Å². The van der Waals surface area contributed by atoms with E-state index < -0.39 is 0 Å². The van der Waals surface area contributed by atoms with Gasteiger partial charge in [0.2, 0.25) is 0 Å². The molecule has 0 aliphatic rings. The zero-order valence-electron chi connectivity index (χ0n) is 11.9. The topological polar surface area (TPSA) is 61.6 Å². The Kier molecular flexibility index (Phi) is 5.08. The Morgan fingerprint density at radius 3 is 2.33 bits per heavy atom. The average Bonchev–Trinajstić information content (AvgIpc) is 2.36. The quantitative estimate of drug-likeness (QED) is 0.866. The van der Waals surface area contributed by atoms with E-state index in [-0.39, 0.29) is 0 Å². The van der Waals surface area contributed by atoms with Crippen molar-refractivity contribution in [3.05, 3.63) is 16.8 Å². The van der Waals surface area contributed by atoms with E-state index in [1.165, 1.54) is 0 Å². The van der Waals surface area contributed by atoms with E-state index in [1.54, 1.807) is 0 Å². The van der Waals surface area contributed by atoms with Crippen molar-refractivity contribution in [2.24, 2.45) is 5.92 Å². The number of hydrogen-bond acceptors (Lipinski definition) is 4. The zero-order valence-corrected chi connectivity index (χ0v) is 11.9. The van der Waals surface area contributed by atoms with E-state index in [0.29, 0.717) is 23.3 Å². The summed E-state index contributed by atoms with van der Waals surface area (Å²) in [7, 11) is 0. The molecule has 1 aromatic rings. The molecule has 0 bridgehead atoms. The summed E-state index contributed by atoms with van der Waals surface area (Å²) >= 11 is 0. The van der Waals surface area contributed by atoms with Gasteiger partial charge in [-0.15, -0.1) is 5.10 Å². The maximum Gasteiger partial charge on any atom is 0.167 e. The number of nitriles is 1. The zero-order chi connectivity index (χ0) is 13.7. The number of rotatable bonds is 5. The second-order valence-electron chi connectivity index (χ2n) is 4.76. The minimum atomic E-state index is 0.295. The first-order valence-corrected chi connectivity index (χ1v) is 6.55. The molecule has 0 saturated heterocycles. The van der Waals surface area contributed by atoms with E-state index in [0.717, 1.165) is 24.1 Å². The molecule has 0 aliphatic heterocycles. The van der Waals surface area contributed by atoms with Crippen molar-refractivity contribution in [1.82, 2.24) is 10.2 Å². The number of hydrogen-bond donors (Lipinski definition) is 1. The predicted molar refractivity (Wildman–Crippen MR) is 73.4 cm³/mol. The largest absolute Gasteiger partial charge is 0.365 e. The highest BCUT2D eigenvalue weighted by molar-refractivity contribution is 5.56. The Balaban J connectivity index is 2.98. The molecule has 18 heavy (non-hydrogen) atoms. The third-order valence-electron chi connectivity index (χ3n) is 3.69. The average molecular weight is 246 g/mol. The van der Waals surface area contributed by atoms with Crippen LogP contribution in [0.4, 0.5) is 5.82 Å². The van der Waals surface area contributed by atoms with Crippen molar-refractivity contribution in [1.29, 1.82) is 5.26 Å². The van der Waals surface area contributed by atoms with Crippen LogP contribution in [0.5, 0.6) is 0 Å². The lowest BCUT2D eigenvalue weighted by molar-refractivity contribution is 0.436. The molecular weight excluding hydrogens is 224 g/mol. The monoisotopic (exact) mass is 246 g/mol. The first-order chi connectivity index (χ1) is 8.54. The molecule has 0 aromatic carbocycles. The van der Waals surface area contributed by atoms with Crippen LogP contribution in [0.2, 0.25) is 0 Å². The van der Waals surface area contributed by atoms with Gasteiger partial charge in [-0.25, -0.2) is 0 Å². The maximum absolute atomic E-state index is 9.23. The second kappa shape index (κ2) is 6.34. The van der Waals surface area contributed by atoms with Gasteiger partial charge in [-0.1, -0.05) is 26.7 Å². The van der Waals surface area contributed by atoms with Crippen molar-refractivity contribution in [3.63, 3.8) is 0 Å². The van der Waals surface area contributed by atoms with Gasteiger partial charge >= 0.3 is 0 Å². The number of anilines is 1. The molecule has 1 unspecified atom stereocenters. The van der Waals surface area contributed by atoms with Gasteiger partial charge in [0.1, 0.15) is 11.6 Å². The van der Waals surface area contributed by atoms with Crippen LogP contribution in [0.3, 0.4) is 0 Å². The van der Waals surface area contributed by atoms with Crippen LogP contribution in [0.25, 0.3) is 0 Å². The Morgan fingerprint density at radius 2 is 1.83 bits per heavy atom. The summed E-state index contributed by atoms with van der Waals surface area (Å²) in [6.07, 6.45) is 2.23. The molecule has 98 valence electrons. The molecule has 0 radical (unpaired) electrons. The first-order valence-electron chi connectivity index (χ1n) is 6.55. The normalized spacial score (nSPS) is 12.3. The van der Waals surface area contributed by atoms with Gasteiger partial charge in [-0.2, -0.15) is 10.4 Å². The molecule has 0 amide bonds. The molecular formula is C14H22N4. The van der Waals surface area contributed by atoms with Crippen molar-refractivity contribution >= 4 is 5.82 Å². The molecule has 4 heteroatoms. The standard InChI is InChI=1S/C14H22N4/c1-6-12(7-2)11(5)16-14-13(8-15)9(3)10(4)17-18-14/h11-12H,6-7H2,1-5H3,(H,16,18). The number of nitrogens with zero attached hydrogens (tertiary/aromatic N) is 3. The smallest absolute Gasteiger partial charge is 0.167 e. The summed E-state index contributed by atoms with van der Waals surface area (Å²) < 4.78 is 0. The van der Waals surface area contributed by atoms with Crippen LogP contribution in [0.1, 0.15) is 50.4 Å². The molecule has 0 spiro atoms. The van der Waals surface area contributed by atoms with Crippen molar-refractivity contribution in [2.75, 3.05) is 5.32 Å². The lowest BCUT2D eigenvalue weighted by Crippen LogP contribution is -2.26. The van der Waals surface area contributed by atoms with E-state index in [4.69, 9.17) is 0 Å². The molecule has 0 saturated carbocycles. The maximum atomic E-state index is 9.23. The van der Waals surface area contributed by atoms with E-state index in [9.17, 15) is 5.26 Å². The first kappa shape index (κ1) is 14.4. The van der Waals surface area contributed by atoms with Crippen LogP contribution in [0.15, 0.2) is 0 Å². The summed E-state index contributed by atoms with van der Waals surface area (Å²) in [4.78, 5) is 0. The van der Waals surface area contributed by atoms with Crippen molar-refractivity contribution in [2.45, 2.75) is 53.5 Å². The predicted octanol–water partition coefficient (Wildman–Crippen LogP) is 3.20. The van der Waals surface area contributed by atoms with Gasteiger partial charge < -0.3 is 5.32 Å². The summed E-state index contributed by atoms with van der Waals surface area (Å²) in [5.41, 5.74) is 2.33. The fraction of sp³-hybridized carbons (Fsp3) is 0.643. The molecule has 0 aliphatic carbocycles.